The quantitative estimate of drug-likeness (QED) is 0.905. The average Bonchev–Trinajstić information content (AvgIpc) is 2.54. The highest BCUT2D eigenvalue weighted by Gasteiger charge is 2.34. The molecule has 0 aromatic heterocycles. The number of phenolic OH excluding ortho intramolecular Hbond substituents is 2. The number of aromatic hydroxyl groups is 2. The van der Waals surface area contributed by atoms with Crippen molar-refractivity contribution >= 4 is 5.78 Å². The molecule has 3 rings (SSSR count). The summed E-state index contributed by atoms with van der Waals surface area (Å²) >= 11 is 0. The molecule has 2 aromatic rings. The molecule has 0 fully saturated rings. The van der Waals surface area contributed by atoms with Crippen LogP contribution >= 0.6 is 0 Å². The Bertz CT molecular complexity index is 768. The molecular formula is C17H16O6. The summed E-state index contributed by atoms with van der Waals surface area (Å²) in [5, 5.41) is 19.5. The SMILES string of the molecule is COc1ccc([C@H]2COc3cc(O)cc(O)c3C2=O)c(OC)c1. The molecule has 1 aliphatic heterocycles. The lowest BCUT2D eigenvalue weighted by Gasteiger charge is -2.26. The van der Waals surface area contributed by atoms with Crippen molar-refractivity contribution in [1.82, 2.24) is 0 Å². The topological polar surface area (TPSA) is 85.2 Å². The number of Topliss-reactive ketones (excluding diaryl/α,β-unsaturated/α-hetero) is 1. The molecule has 23 heavy (non-hydrogen) atoms. The van der Waals surface area contributed by atoms with E-state index >= 15 is 0 Å². The summed E-state index contributed by atoms with van der Waals surface area (Å²) < 4.78 is 16.0. The summed E-state index contributed by atoms with van der Waals surface area (Å²) in [6.07, 6.45) is 0. The van der Waals surface area contributed by atoms with Gasteiger partial charge in [0.2, 0.25) is 0 Å². The maximum Gasteiger partial charge on any atom is 0.181 e. The average molecular weight is 316 g/mol. The zero-order valence-electron chi connectivity index (χ0n) is 12.7. The van der Waals surface area contributed by atoms with E-state index in [2.05, 4.69) is 0 Å². The summed E-state index contributed by atoms with van der Waals surface area (Å²) in [5.74, 6) is -0.0603. The van der Waals surface area contributed by atoms with Crippen LogP contribution < -0.4 is 14.2 Å². The Hall–Kier alpha value is -2.89. The number of rotatable bonds is 3. The van der Waals surface area contributed by atoms with E-state index in [4.69, 9.17) is 14.2 Å². The summed E-state index contributed by atoms with van der Waals surface area (Å²) in [6, 6.07) is 7.60. The molecule has 0 bridgehead atoms. The molecule has 0 saturated heterocycles. The fourth-order valence-corrected chi connectivity index (χ4v) is 2.71. The van der Waals surface area contributed by atoms with E-state index in [0.717, 1.165) is 6.07 Å². The Kier molecular flexibility index (Phi) is 3.73. The predicted octanol–water partition coefficient (Wildman–Crippen LogP) is 2.47. The Balaban J connectivity index is 2.05. The first kappa shape index (κ1) is 15.0. The van der Waals surface area contributed by atoms with E-state index in [1.807, 2.05) is 0 Å². The molecule has 1 heterocycles. The number of methoxy groups -OCH3 is 2. The normalized spacial score (nSPS) is 16.4. The first-order chi connectivity index (χ1) is 11.0. The first-order valence-electron chi connectivity index (χ1n) is 7.00. The lowest BCUT2D eigenvalue weighted by Crippen LogP contribution is -2.26. The largest absolute Gasteiger partial charge is 0.508 e. The van der Waals surface area contributed by atoms with E-state index in [1.165, 1.54) is 13.2 Å². The van der Waals surface area contributed by atoms with Gasteiger partial charge in [0.15, 0.2) is 5.78 Å². The molecule has 0 spiro atoms. The van der Waals surface area contributed by atoms with Crippen molar-refractivity contribution < 1.29 is 29.2 Å². The Labute approximate surface area is 132 Å². The van der Waals surface area contributed by atoms with Crippen LogP contribution in [0.2, 0.25) is 0 Å². The number of ether oxygens (including phenoxy) is 3. The van der Waals surface area contributed by atoms with Gasteiger partial charge in [-0.3, -0.25) is 4.79 Å². The van der Waals surface area contributed by atoms with Gasteiger partial charge in [-0.15, -0.1) is 0 Å². The number of fused-ring (bicyclic) bond motifs is 1. The van der Waals surface area contributed by atoms with E-state index in [1.54, 1.807) is 25.3 Å². The molecule has 6 nitrogen and oxygen atoms in total. The lowest BCUT2D eigenvalue weighted by molar-refractivity contribution is 0.0890. The number of carbonyl (C=O) groups excluding carboxylic acids is 1. The van der Waals surface area contributed by atoms with Gasteiger partial charge in [-0.25, -0.2) is 0 Å². The zero-order valence-corrected chi connectivity index (χ0v) is 12.7. The molecule has 2 aromatic carbocycles. The summed E-state index contributed by atoms with van der Waals surface area (Å²) in [4.78, 5) is 12.8. The highest BCUT2D eigenvalue weighted by atomic mass is 16.5. The minimum absolute atomic E-state index is 0.0666. The van der Waals surface area contributed by atoms with Crippen molar-refractivity contribution in [2.45, 2.75) is 5.92 Å². The molecule has 120 valence electrons. The van der Waals surface area contributed by atoms with Crippen molar-refractivity contribution in [3.8, 4) is 28.7 Å². The Morgan fingerprint density at radius 3 is 2.61 bits per heavy atom. The molecule has 0 radical (unpaired) electrons. The second-order valence-electron chi connectivity index (χ2n) is 5.17. The van der Waals surface area contributed by atoms with Gasteiger partial charge in [-0.1, -0.05) is 6.07 Å². The smallest absolute Gasteiger partial charge is 0.181 e. The van der Waals surface area contributed by atoms with Gasteiger partial charge in [0.1, 0.15) is 40.9 Å². The van der Waals surface area contributed by atoms with Crippen LogP contribution in [0.25, 0.3) is 0 Å². The highest BCUT2D eigenvalue weighted by molar-refractivity contribution is 6.06. The van der Waals surface area contributed by atoms with Crippen LogP contribution in [0.1, 0.15) is 21.8 Å². The fraction of sp³-hybridized carbons (Fsp3) is 0.235. The number of hydrogen-bond donors (Lipinski definition) is 2. The van der Waals surface area contributed by atoms with E-state index in [0.29, 0.717) is 17.1 Å². The fourth-order valence-electron chi connectivity index (χ4n) is 2.71. The van der Waals surface area contributed by atoms with Crippen molar-refractivity contribution in [3.05, 3.63) is 41.5 Å². The maximum absolute atomic E-state index is 12.8. The third-order valence-corrected chi connectivity index (χ3v) is 3.85. The van der Waals surface area contributed by atoms with Gasteiger partial charge < -0.3 is 24.4 Å². The number of ketones is 1. The van der Waals surface area contributed by atoms with Crippen molar-refractivity contribution in [2.75, 3.05) is 20.8 Å². The number of phenols is 2. The highest BCUT2D eigenvalue weighted by Crippen LogP contribution is 2.42. The second kappa shape index (κ2) is 5.72. The van der Waals surface area contributed by atoms with Crippen molar-refractivity contribution in [2.24, 2.45) is 0 Å². The number of hydrogen-bond acceptors (Lipinski definition) is 6. The Morgan fingerprint density at radius 1 is 1.13 bits per heavy atom. The minimum Gasteiger partial charge on any atom is -0.508 e. The van der Waals surface area contributed by atoms with Crippen molar-refractivity contribution in [3.63, 3.8) is 0 Å². The second-order valence-corrected chi connectivity index (χ2v) is 5.17. The number of benzene rings is 2. The predicted molar refractivity (Wildman–Crippen MR) is 81.9 cm³/mol. The van der Waals surface area contributed by atoms with Gasteiger partial charge in [0.25, 0.3) is 0 Å². The molecule has 0 amide bonds. The number of carbonyl (C=O) groups is 1. The van der Waals surface area contributed by atoms with Crippen LogP contribution in [0.15, 0.2) is 30.3 Å². The monoisotopic (exact) mass is 316 g/mol. The molecule has 1 atom stereocenters. The van der Waals surface area contributed by atoms with Crippen LogP contribution in [-0.2, 0) is 0 Å². The van der Waals surface area contributed by atoms with Crippen LogP contribution in [0.4, 0.5) is 0 Å². The van der Waals surface area contributed by atoms with E-state index in [-0.39, 0.29) is 35.2 Å². The van der Waals surface area contributed by atoms with Gasteiger partial charge in [-0.2, -0.15) is 0 Å². The van der Waals surface area contributed by atoms with Crippen LogP contribution in [-0.4, -0.2) is 36.8 Å². The summed E-state index contributed by atoms with van der Waals surface area (Å²) in [6.45, 7) is 0.0947. The molecular weight excluding hydrogens is 300 g/mol. The maximum atomic E-state index is 12.8. The van der Waals surface area contributed by atoms with E-state index < -0.39 is 5.92 Å². The molecule has 0 saturated carbocycles. The summed E-state index contributed by atoms with van der Waals surface area (Å²) in [5.41, 5.74) is 0.716. The van der Waals surface area contributed by atoms with Crippen molar-refractivity contribution in [1.29, 1.82) is 0 Å². The van der Waals surface area contributed by atoms with Gasteiger partial charge >= 0.3 is 0 Å². The third kappa shape index (κ3) is 2.52. The standard InChI is InChI=1S/C17H16O6/c1-21-10-3-4-11(14(7-10)22-2)12-8-23-15-6-9(18)5-13(19)16(15)17(12)20/h3-7,12,18-19H,8H2,1-2H3/t12-/m1/s1. The zero-order chi connectivity index (χ0) is 16.6. The van der Waals surface area contributed by atoms with Gasteiger partial charge in [-0.05, 0) is 6.07 Å². The molecule has 0 unspecified atom stereocenters. The molecule has 0 aliphatic carbocycles. The third-order valence-electron chi connectivity index (χ3n) is 3.85. The minimum atomic E-state index is -0.612. The molecule has 2 N–H and O–H groups in total. The van der Waals surface area contributed by atoms with Crippen LogP contribution in [0.5, 0.6) is 28.7 Å². The van der Waals surface area contributed by atoms with Crippen LogP contribution in [0, 0.1) is 0 Å². The molecule has 6 heteroatoms. The summed E-state index contributed by atoms with van der Waals surface area (Å²) in [7, 11) is 3.06. The lowest BCUT2D eigenvalue weighted by atomic mass is 9.88. The Morgan fingerprint density at radius 2 is 1.91 bits per heavy atom. The first-order valence-corrected chi connectivity index (χ1v) is 7.00. The van der Waals surface area contributed by atoms with Gasteiger partial charge in [0.05, 0.1) is 20.1 Å². The van der Waals surface area contributed by atoms with Crippen LogP contribution in [0.3, 0.4) is 0 Å². The van der Waals surface area contributed by atoms with Gasteiger partial charge in [0, 0.05) is 23.8 Å². The van der Waals surface area contributed by atoms with E-state index in [9.17, 15) is 15.0 Å². The molecule has 1 aliphatic rings.